The van der Waals surface area contributed by atoms with Gasteiger partial charge in [-0.05, 0) is 42.7 Å². The zero-order valence-electron chi connectivity index (χ0n) is 16.0. The highest BCUT2D eigenvalue weighted by Gasteiger charge is 2.11. The number of pyridine rings is 2. The van der Waals surface area contributed by atoms with Crippen LogP contribution in [0, 0.1) is 0 Å². The normalized spacial score (nSPS) is 10.5. The maximum absolute atomic E-state index is 6.04. The van der Waals surface area contributed by atoms with Crippen molar-refractivity contribution in [1.82, 2.24) is 9.97 Å². The third kappa shape index (κ3) is 5.23. The lowest BCUT2D eigenvalue weighted by Crippen LogP contribution is -2.05. The molecule has 2 heterocycles. The minimum Gasteiger partial charge on any atom is -0.495 e. The highest BCUT2D eigenvalue weighted by molar-refractivity contribution is 9.10. The van der Waals surface area contributed by atoms with Crippen molar-refractivity contribution >= 4 is 15.9 Å². The molecule has 0 spiro atoms. The van der Waals surface area contributed by atoms with E-state index >= 15 is 0 Å². The second-order valence-electron chi connectivity index (χ2n) is 6.23. The van der Waals surface area contributed by atoms with E-state index < -0.39 is 0 Å². The van der Waals surface area contributed by atoms with Gasteiger partial charge in [-0.25, -0.2) is 0 Å². The van der Waals surface area contributed by atoms with Gasteiger partial charge in [-0.2, -0.15) is 0 Å². The van der Waals surface area contributed by atoms with E-state index in [9.17, 15) is 0 Å². The molecule has 28 heavy (non-hydrogen) atoms. The quantitative estimate of drug-likeness (QED) is 0.443. The zero-order chi connectivity index (χ0) is 19.8. The predicted octanol–water partition coefficient (Wildman–Crippen LogP) is 4.86. The molecule has 3 rings (SSSR count). The molecule has 2 aromatic heterocycles. The topological polar surface area (TPSA) is 53.5 Å². The van der Waals surface area contributed by atoms with Crippen LogP contribution in [0.15, 0.2) is 59.5 Å². The Bertz CT molecular complexity index is 896. The summed E-state index contributed by atoms with van der Waals surface area (Å²) in [5, 5.41) is 0. The molecule has 0 saturated heterocycles. The van der Waals surface area contributed by atoms with Gasteiger partial charge in [-0.15, -0.1) is 0 Å². The smallest absolute Gasteiger partial charge is 0.144 e. The van der Waals surface area contributed by atoms with Crippen molar-refractivity contribution in [2.24, 2.45) is 0 Å². The largest absolute Gasteiger partial charge is 0.495 e. The first kappa shape index (κ1) is 20.1. The first-order chi connectivity index (χ1) is 13.7. The first-order valence-electron chi connectivity index (χ1n) is 9.07. The molecule has 0 bridgehead atoms. The lowest BCUT2D eigenvalue weighted by Gasteiger charge is -2.13. The Kier molecular flexibility index (Phi) is 7.25. The van der Waals surface area contributed by atoms with Gasteiger partial charge >= 0.3 is 0 Å². The fraction of sp³-hybridized carbons (Fsp3) is 0.273. The van der Waals surface area contributed by atoms with Gasteiger partial charge < -0.3 is 14.2 Å². The summed E-state index contributed by atoms with van der Waals surface area (Å²) in [6.07, 6.45) is 7.53. The molecule has 5 nitrogen and oxygen atoms in total. The molecule has 0 fully saturated rings. The van der Waals surface area contributed by atoms with E-state index in [1.807, 2.05) is 24.3 Å². The molecule has 146 valence electrons. The third-order valence-corrected chi connectivity index (χ3v) is 4.85. The lowest BCUT2D eigenvalue weighted by atomic mass is 10.1. The molecule has 0 N–H and O–H groups in total. The SMILES string of the molecule is COc1cncc(OC)c1CCCOc1cccnc1Cc1cccc(Br)c1. The van der Waals surface area contributed by atoms with Crippen molar-refractivity contribution in [3.8, 4) is 17.2 Å². The summed E-state index contributed by atoms with van der Waals surface area (Å²) >= 11 is 3.51. The van der Waals surface area contributed by atoms with Crippen LogP contribution in [0.3, 0.4) is 0 Å². The Morgan fingerprint density at radius 3 is 2.46 bits per heavy atom. The Balaban J connectivity index is 1.62. The van der Waals surface area contributed by atoms with E-state index in [1.54, 1.807) is 32.8 Å². The van der Waals surface area contributed by atoms with Gasteiger partial charge in [0, 0.05) is 22.7 Å². The van der Waals surface area contributed by atoms with E-state index in [1.165, 1.54) is 5.56 Å². The number of benzene rings is 1. The minimum atomic E-state index is 0.575. The van der Waals surface area contributed by atoms with Gasteiger partial charge in [0.25, 0.3) is 0 Å². The second kappa shape index (κ2) is 10.1. The summed E-state index contributed by atoms with van der Waals surface area (Å²) in [5.41, 5.74) is 3.12. The number of hydrogen-bond acceptors (Lipinski definition) is 5. The molecule has 0 radical (unpaired) electrons. The monoisotopic (exact) mass is 442 g/mol. The van der Waals surface area contributed by atoms with Gasteiger partial charge in [0.15, 0.2) is 0 Å². The van der Waals surface area contributed by atoms with Crippen LogP contribution < -0.4 is 14.2 Å². The molecule has 0 atom stereocenters. The van der Waals surface area contributed by atoms with Crippen molar-refractivity contribution in [2.75, 3.05) is 20.8 Å². The summed E-state index contributed by atoms with van der Waals surface area (Å²) in [6.45, 7) is 0.575. The lowest BCUT2D eigenvalue weighted by molar-refractivity contribution is 0.304. The molecule has 0 aliphatic carbocycles. The average molecular weight is 443 g/mol. The molecule has 6 heteroatoms. The summed E-state index contributed by atoms with van der Waals surface area (Å²) in [5.74, 6) is 2.28. The van der Waals surface area contributed by atoms with Gasteiger partial charge in [0.2, 0.25) is 0 Å². The van der Waals surface area contributed by atoms with Crippen molar-refractivity contribution in [2.45, 2.75) is 19.3 Å². The fourth-order valence-corrected chi connectivity index (χ4v) is 3.45. The molecular formula is C22H23BrN2O3. The van der Waals surface area contributed by atoms with E-state index in [0.717, 1.165) is 52.2 Å². The van der Waals surface area contributed by atoms with Gasteiger partial charge in [0.1, 0.15) is 17.2 Å². The Morgan fingerprint density at radius 2 is 1.75 bits per heavy atom. The minimum absolute atomic E-state index is 0.575. The molecule has 0 amide bonds. The maximum atomic E-state index is 6.04. The molecule has 3 aromatic rings. The molecule has 0 aliphatic heterocycles. The van der Waals surface area contributed by atoms with Crippen LogP contribution in [0.4, 0.5) is 0 Å². The van der Waals surface area contributed by atoms with Crippen molar-refractivity contribution in [3.63, 3.8) is 0 Å². The maximum Gasteiger partial charge on any atom is 0.144 e. The van der Waals surface area contributed by atoms with Crippen LogP contribution in [0.5, 0.6) is 17.2 Å². The van der Waals surface area contributed by atoms with Gasteiger partial charge in [0.05, 0.1) is 38.9 Å². The summed E-state index contributed by atoms with van der Waals surface area (Å²) < 4.78 is 17.9. The van der Waals surface area contributed by atoms with Crippen LogP contribution >= 0.6 is 15.9 Å². The van der Waals surface area contributed by atoms with Crippen LogP contribution in [-0.4, -0.2) is 30.8 Å². The molecule has 0 unspecified atom stereocenters. The van der Waals surface area contributed by atoms with E-state index in [0.29, 0.717) is 6.61 Å². The fourth-order valence-electron chi connectivity index (χ4n) is 3.01. The third-order valence-electron chi connectivity index (χ3n) is 4.36. The van der Waals surface area contributed by atoms with E-state index in [2.05, 4.69) is 38.0 Å². The second-order valence-corrected chi connectivity index (χ2v) is 7.15. The molecule has 1 aromatic carbocycles. The molecular weight excluding hydrogens is 420 g/mol. The number of methoxy groups -OCH3 is 2. The summed E-state index contributed by atoms with van der Waals surface area (Å²) in [6, 6.07) is 12.1. The molecule has 0 saturated carbocycles. The average Bonchev–Trinajstić information content (AvgIpc) is 2.72. The highest BCUT2D eigenvalue weighted by atomic mass is 79.9. The first-order valence-corrected chi connectivity index (χ1v) is 9.86. The Hall–Kier alpha value is -2.60. The van der Waals surface area contributed by atoms with Crippen LogP contribution in [0.2, 0.25) is 0 Å². The van der Waals surface area contributed by atoms with Crippen molar-refractivity contribution in [3.05, 3.63) is 76.3 Å². The molecule has 0 aliphatic rings. The number of hydrogen-bond donors (Lipinski definition) is 0. The van der Waals surface area contributed by atoms with Gasteiger partial charge in [-0.1, -0.05) is 28.1 Å². The van der Waals surface area contributed by atoms with Crippen molar-refractivity contribution in [1.29, 1.82) is 0 Å². The number of nitrogens with zero attached hydrogens (tertiary/aromatic N) is 2. The summed E-state index contributed by atoms with van der Waals surface area (Å²) in [7, 11) is 3.28. The van der Waals surface area contributed by atoms with Crippen LogP contribution in [0.25, 0.3) is 0 Å². The van der Waals surface area contributed by atoms with Crippen LogP contribution in [-0.2, 0) is 12.8 Å². The van der Waals surface area contributed by atoms with Gasteiger partial charge in [-0.3, -0.25) is 9.97 Å². The van der Waals surface area contributed by atoms with Crippen LogP contribution in [0.1, 0.15) is 23.2 Å². The standard InChI is InChI=1S/C22H23BrN2O3/c1-26-21-14-24-15-22(27-2)18(21)8-5-11-28-20-9-4-10-25-19(20)13-16-6-3-7-17(23)12-16/h3-4,6-7,9-10,12,14-15H,5,8,11,13H2,1-2H3. The summed E-state index contributed by atoms with van der Waals surface area (Å²) in [4.78, 5) is 8.63. The Morgan fingerprint density at radius 1 is 0.964 bits per heavy atom. The highest BCUT2D eigenvalue weighted by Crippen LogP contribution is 2.28. The Labute approximate surface area is 173 Å². The predicted molar refractivity (Wildman–Crippen MR) is 112 cm³/mol. The zero-order valence-corrected chi connectivity index (χ0v) is 17.6. The number of halogens is 1. The number of rotatable bonds is 9. The van der Waals surface area contributed by atoms with E-state index in [-0.39, 0.29) is 0 Å². The van der Waals surface area contributed by atoms with Crippen molar-refractivity contribution < 1.29 is 14.2 Å². The number of ether oxygens (including phenoxy) is 3. The number of aromatic nitrogens is 2. The van der Waals surface area contributed by atoms with E-state index in [4.69, 9.17) is 14.2 Å².